The molecule has 0 saturated carbocycles. The minimum Gasteiger partial charge on any atom is -0.493 e. The van der Waals surface area contributed by atoms with Crippen LogP contribution < -0.4 is 0 Å². The van der Waals surface area contributed by atoms with Crippen molar-refractivity contribution in [3.63, 3.8) is 0 Å². The number of hydrogen-bond acceptors (Lipinski definition) is 0. The van der Waals surface area contributed by atoms with Gasteiger partial charge in [0.1, 0.15) is 0 Å². The van der Waals surface area contributed by atoms with E-state index < -0.39 is 0 Å². The van der Waals surface area contributed by atoms with Crippen molar-refractivity contribution in [3.8, 4) is 0 Å². The summed E-state index contributed by atoms with van der Waals surface area (Å²) in [5.74, 6) is 0. The summed E-state index contributed by atoms with van der Waals surface area (Å²) in [6.07, 6.45) is 106. The Bertz CT molecular complexity index is 1960. The fraction of sp³-hybridized carbons (Fsp3) is 0.820. The van der Waals surface area contributed by atoms with Crippen LogP contribution in [0.4, 0.5) is 0 Å². The standard InChI is InChI=1S/C44H68N2.2C28H57.Pd/c1-6-11-16-20-24-36-29-37(25-21-17-12-7-2)32-41(31-36)43-35-40(28-15-10-5)44(46(43)45)42-33-38(26-22-18-13-8-3)30-39(34-42)27-23-19-14-9-4;2*1-3-5-7-9-11-13-15-17-19-21-23-25-27-28-26-24-22-20-18-16-14-12-10-8-6-4-2;/h29-35H,6-28H2,1-5H3;2*1,3-28H2,2H3;/q;2*-1;+2. The maximum absolute atomic E-state index is 12.1. The average molecular weight is 1520 g/mol. The molecule has 0 aliphatic carbocycles. The van der Waals surface area contributed by atoms with E-state index in [0.29, 0.717) is 0 Å². The zero-order valence-electron chi connectivity index (χ0n) is 71.2. The molecule has 0 radical (unpaired) electrons. The molecule has 1 aliphatic rings. The number of allylic oxidation sites excluding steroid dienone is 2. The molecule has 0 saturated heterocycles. The fourth-order valence-electron chi connectivity index (χ4n) is 15.7. The van der Waals surface area contributed by atoms with Crippen LogP contribution in [0.15, 0.2) is 48.0 Å². The molecule has 2 aromatic carbocycles. The Morgan fingerprint density at radius 1 is 0.223 bits per heavy atom. The Morgan fingerprint density at radius 2 is 0.408 bits per heavy atom. The maximum Gasteiger partial charge on any atom is 2.00 e. The first-order valence-corrected chi connectivity index (χ1v) is 47.2. The van der Waals surface area contributed by atoms with E-state index in [1.807, 2.05) is 0 Å². The third-order valence-corrected chi connectivity index (χ3v) is 22.5. The summed E-state index contributed by atoms with van der Waals surface area (Å²) in [6, 6.07) is 14.5. The van der Waals surface area contributed by atoms with Crippen LogP contribution in [0.5, 0.6) is 0 Å². The van der Waals surface area contributed by atoms with Gasteiger partial charge in [-0.1, -0.05) is 465 Å². The Hall–Kier alpha value is -1.82. The van der Waals surface area contributed by atoms with Gasteiger partial charge in [0.2, 0.25) is 11.4 Å². The molecule has 0 atom stereocenters. The van der Waals surface area contributed by atoms with Gasteiger partial charge in [-0.2, -0.15) is 12.8 Å². The average Bonchev–Trinajstić information content (AvgIpc) is 1.64. The number of unbranched alkanes of at least 4 members (excludes halogenated alkanes) is 63. The van der Waals surface area contributed by atoms with Gasteiger partial charge in [-0.25, -0.2) is 4.70 Å². The molecule has 0 fully saturated rings. The molecule has 103 heavy (non-hydrogen) atoms. The number of nitrogens with zero attached hydrogens (tertiary/aromatic N) is 2. The summed E-state index contributed by atoms with van der Waals surface area (Å²) in [7, 11) is 0. The molecule has 1 heterocycles. The zero-order chi connectivity index (χ0) is 73.8. The molecule has 0 aromatic heterocycles. The van der Waals surface area contributed by atoms with Crippen molar-refractivity contribution in [2.75, 3.05) is 0 Å². The van der Waals surface area contributed by atoms with Crippen LogP contribution in [0.2, 0.25) is 0 Å². The van der Waals surface area contributed by atoms with E-state index in [4.69, 9.17) is 0 Å². The Kier molecular flexibility index (Phi) is 79.7. The molecule has 0 amide bonds. The third kappa shape index (κ3) is 62.6. The zero-order valence-corrected chi connectivity index (χ0v) is 72.8. The van der Waals surface area contributed by atoms with Gasteiger partial charge in [-0.15, -0.1) is 0 Å². The van der Waals surface area contributed by atoms with E-state index in [2.05, 4.69) is 105 Å². The second-order valence-electron chi connectivity index (χ2n) is 32.8. The summed E-state index contributed by atoms with van der Waals surface area (Å²) in [4.78, 5) is 0. The third-order valence-electron chi connectivity index (χ3n) is 22.5. The van der Waals surface area contributed by atoms with Crippen LogP contribution >= 0.6 is 0 Å². The van der Waals surface area contributed by atoms with Crippen molar-refractivity contribution < 1.29 is 25.1 Å². The maximum atomic E-state index is 12.1. The van der Waals surface area contributed by atoms with Crippen LogP contribution in [0, 0.1) is 13.8 Å². The van der Waals surface area contributed by atoms with E-state index in [0.717, 1.165) is 69.2 Å². The van der Waals surface area contributed by atoms with Gasteiger partial charge < -0.3 is 19.4 Å². The first kappa shape index (κ1) is 101. The molecule has 602 valence electrons. The van der Waals surface area contributed by atoms with E-state index in [9.17, 15) is 5.53 Å². The number of benzene rings is 2. The van der Waals surface area contributed by atoms with Gasteiger partial charge in [-0.3, -0.25) is 0 Å². The Morgan fingerprint density at radius 3 is 0.612 bits per heavy atom. The van der Waals surface area contributed by atoms with Gasteiger partial charge in [0, 0.05) is 22.8 Å². The predicted molar refractivity (Wildman–Crippen MR) is 464 cm³/mol. The van der Waals surface area contributed by atoms with Gasteiger partial charge >= 0.3 is 20.4 Å². The van der Waals surface area contributed by atoms with Crippen LogP contribution in [-0.4, -0.2) is 4.70 Å². The Balaban J connectivity index is 0.00000159. The topological polar surface area (TPSA) is 25.3 Å². The van der Waals surface area contributed by atoms with E-state index >= 15 is 0 Å². The van der Waals surface area contributed by atoms with Crippen molar-refractivity contribution in [1.29, 1.82) is 0 Å². The molecule has 0 N–H and O–H groups in total. The molecular formula is C100H182N2Pd. The fourth-order valence-corrected chi connectivity index (χ4v) is 15.7. The minimum absolute atomic E-state index is 0. The van der Waals surface area contributed by atoms with Crippen molar-refractivity contribution >= 4 is 11.4 Å². The first-order valence-electron chi connectivity index (χ1n) is 47.2. The smallest absolute Gasteiger partial charge is 0.493 e. The summed E-state index contributed by atoms with van der Waals surface area (Å²) >= 11 is 0. The van der Waals surface area contributed by atoms with Gasteiger partial charge in [0.25, 0.3) is 0 Å². The molecule has 1 aliphatic heterocycles. The van der Waals surface area contributed by atoms with Crippen LogP contribution in [0.3, 0.4) is 0 Å². The van der Waals surface area contributed by atoms with E-state index in [1.54, 1.807) is 4.70 Å². The van der Waals surface area contributed by atoms with Crippen LogP contribution in [0.25, 0.3) is 16.9 Å². The van der Waals surface area contributed by atoms with Crippen molar-refractivity contribution in [2.45, 2.75) is 530 Å². The van der Waals surface area contributed by atoms with Crippen molar-refractivity contribution in [1.82, 2.24) is 0 Å². The normalized spacial score (nSPS) is 12.1. The summed E-state index contributed by atoms with van der Waals surface area (Å²) < 4.78 is 1.57. The molecule has 0 spiro atoms. The van der Waals surface area contributed by atoms with Gasteiger partial charge in [0.05, 0.1) is 0 Å². The minimum atomic E-state index is 0. The van der Waals surface area contributed by atoms with Gasteiger partial charge in [0.15, 0.2) is 0 Å². The molecule has 3 rings (SSSR count). The second-order valence-corrected chi connectivity index (χ2v) is 32.8. The molecule has 3 heteroatoms. The number of rotatable bonds is 75. The second kappa shape index (κ2) is 81.2. The molecule has 2 nitrogen and oxygen atoms in total. The van der Waals surface area contributed by atoms with Crippen LogP contribution in [0.1, 0.15) is 538 Å². The summed E-state index contributed by atoms with van der Waals surface area (Å²) in [6.45, 7) is 23.9. The van der Waals surface area contributed by atoms with Crippen molar-refractivity contribution in [3.05, 3.63) is 101 Å². The van der Waals surface area contributed by atoms with E-state index in [-0.39, 0.29) is 20.4 Å². The predicted octanol–water partition coefficient (Wildman–Crippen LogP) is 36.1. The van der Waals surface area contributed by atoms with Crippen molar-refractivity contribution in [2.24, 2.45) is 0 Å². The monoisotopic (exact) mass is 1520 g/mol. The molecule has 0 unspecified atom stereocenters. The number of hydrogen-bond donors (Lipinski definition) is 0. The quantitative estimate of drug-likeness (QED) is 0.0273. The molecule has 2 aromatic rings. The summed E-state index contributed by atoms with van der Waals surface area (Å²) in [5, 5.41) is 0. The molecule has 0 bridgehead atoms. The SMILES string of the molecule is CCCCCCc1cc(CCCCCC)cc(C2=CC(CCCC)=C(c3cc(CCCCCC)cc(CCCCCC)c3)[N+]2=[N-])c1.[CH2-]CCCCCCCCCCCCCCCCCCCCCCCCCCC.[CH2-]CCCCCCCCCCCCCCCCCCCCCCCCCCC.[Pd+2]. The summed E-state index contributed by atoms with van der Waals surface area (Å²) in [5.41, 5.74) is 23.5. The number of aryl methyl sites for hydroxylation is 4. The Labute approximate surface area is 662 Å². The molecular weight excluding hydrogens is 1340 g/mol. The van der Waals surface area contributed by atoms with Gasteiger partial charge in [-0.05, 0) is 111 Å². The van der Waals surface area contributed by atoms with E-state index in [1.165, 1.54) is 463 Å². The first-order chi connectivity index (χ1) is 50.4. The van der Waals surface area contributed by atoms with Crippen LogP contribution in [-0.2, 0) is 46.1 Å². The largest absolute Gasteiger partial charge is 2.00 e.